The molecule has 0 aromatic carbocycles. The molecule has 4 heteroatoms. The van der Waals surface area contributed by atoms with E-state index in [-0.39, 0.29) is 0 Å². The van der Waals surface area contributed by atoms with Gasteiger partial charge in [-0.1, -0.05) is 0 Å². The van der Waals surface area contributed by atoms with E-state index in [1.54, 1.807) is 27.1 Å². The lowest BCUT2D eigenvalue weighted by Crippen LogP contribution is -2.31. The Labute approximate surface area is 60.1 Å². The van der Waals surface area contributed by atoms with Gasteiger partial charge in [-0.3, -0.25) is 10.7 Å². The van der Waals surface area contributed by atoms with Crippen LogP contribution in [-0.4, -0.2) is 18.0 Å². The summed E-state index contributed by atoms with van der Waals surface area (Å²) in [6.45, 7) is 5.24. The number of amides is 1. The number of nitrogens with one attached hydrogen (secondary N) is 2. The SMILES string of the molecule is CC(C)(C)OC(=O)N[C]=N. The first-order valence-electron chi connectivity index (χ1n) is 2.86. The molecule has 0 rings (SSSR count). The molecule has 4 nitrogen and oxygen atoms in total. The van der Waals surface area contributed by atoms with Crippen LogP contribution in [0.1, 0.15) is 20.8 Å². The highest BCUT2D eigenvalue weighted by Gasteiger charge is 2.14. The van der Waals surface area contributed by atoms with Gasteiger partial charge < -0.3 is 4.74 Å². The molecule has 0 unspecified atom stereocenters. The Morgan fingerprint density at radius 1 is 1.60 bits per heavy atom. The molecule has 0 heterocycles. The second-order valence-corrected chi connectivity index (χ2v) is 2.75. The van der Waals surface area contributed by atoms with E-state index in [0.717, 1.165) is 0 Å². The number of hydrogen-bond donors (Lipinski definition) is 2. The molecule has 1 radical (unpaired) electrons. The van der Waals surface area contributed by atoms with Crippen LogP contribution in [0, 0.1) is 5.41 Å². The molecular weight excluding hydrogens is 132 g/mol. The molecule has 1 amide bonds. The number of carbonyl (C=O) groups excluding carboxylic acids is 1. The van der Waals surface area contributed by atoms with Gasteiger partial charge in [-0.05, 0) is 20.8 Å². The zero-order chi connectivity index (χ0) is 8.20. The van der Waals surface area contributed by atoms with Crippen molar-refractivity contribution in [2.24, 2.45) is 0 Å². The normalized spacial score (nSPS) is 10.3. The van der Waals surface area contributed by atoms with Gasteiger partial charge in [-0.2, -0.15) is 0 Å². The highest BCUT2D eigenvalue weighted by Crippen LogP contribution is 2.05. The molecule has 0 atom stereocenters. The van der Waals surface area contributed by atoms with Gasteiger partial charge in [0.05, 0.1) is 0 Å². The minimum absolute atomic E-state index is 0.513. The van der Waals surface area contributed by atoms with Gasteiger partial charge in [0.2, 0.25) is 0 Å². The lowest BCUT2D eigenvalue weighted by atomic mass is 10.2. The predicted molar refractivity (Wildman–Crippen MR) is 37.1 cm³/mol. The number of carbonyl (C=O) groups is 1. The molecule has 0 bridgehead atoms. The summed E-state index contributed by atoms with van der Waals surface area (Å²) < 4.78 is 4.75. The molecule has 0 saturated heterocycles. The molecule has 2 N–H and O–H groups in total. The van der Waals surface area contributed by atoms with Crippen molar-refractivity contribution < 1.29 is 9.53 Å². The molecule has 57 valence electrons. The number of ether oxygens (including phenoxy) is 1. The van der Waals surface area contributed by atoms with Crippen molar-refractivity contribution in [3.8, 4) is 0 Å². The Morgan fingerprint density at radius 2 is 2.10 bits per heavy atom. The van der Waals surface area contributed by atoms with Crippen molar-refractivity contribution in [2.45, 2.75) is 26.4 Å². The monoisotopic (exact) mass is 143 g/mol. The minimum atomic E-state index is -0.650. The van der Waals surface area contributed by atoms with Crippen LogP contribution in [0.2, 0.25) is 0 Å². The van der Waals surface area contributed by atoms with Crippen molar-refractivity contribution in [1.29, 1.82) is 5.41 Å². The average Bonchev–Trinajstić information content (AvgIpc) is 1.59. The lowest BCUT2D eigenvalue weighted by Gasteiger charge is -2.18. The van der Waals surface area contributed by atoms with Crippen molar-refractivity contribution in [1.82, 2.24) is 5.32 Å². The first-order chi connectivity index (χ1) is 4.45. The summed E-state index contributed by atoms with van der Waals surface area (Å²) in [5.74, 6) is 0. The van der Waals surface area contributed by atoms with Crippen LogP contribution in [0.3, 0.4) is 0 Å². The summed E-state index contributed by atoms with van der Waals surface area (Å²) in [5.41, 5.74) is -0.513. The average molecular weight is 143 g/mol. The van der Waals surface area contributed by atoms with Crippen molar-refractivity contribution in [3.63, 3.8) is 0 Å². The van der Waals surface area contributed by atoms with Crippen LogP contribution in [0.25, 0.3) is 0 Å². The van der Waals surface area contributed by atoms with Gasteiger partial charge >= 0.3 is 6.09 Å². The van der Waals surface area contributed by atoms with Crippen LogP contribution in [0.15, 0.2) is 0 Å². The Morgan fingerprint density at radius 3 is 2.40 bits per heavy atom. The molecular formula is C6H11N2O2. The Balaban J connectivity index is 3.68. The van der Waals surface area contributed by atoms with E-state index in [2.05, 4.69) is 0 Å². The van der Waals surface area contributed by atoms with E-state index in [1.807, 2.05) is 5.32 Å². The van der Waals surface area contributed by atoms with Crippen LogP contribution in [0.4, 0.5) is 4.79 Å². The second-order valence-electron chi connectivity index (χ2n) is 2.75. The Bertz CT molecular complexity index is 137. The van der Waals surface area contributed by atoms with Crippen LogP contribution < -0.4 is 5.32 Å². The molecule has 0 aliphatic carbocycles. The molecule has 0 spiro atoms. The second kappa shape index (κ2) is 3.20. The van der Waals surface area contributed by atoms with E-state index >= 15 is 0 Å². The minimum Gasteiger partial charge on any atom is -0.444 e. The molecule has 0 aliphatic rings. The summed E-state index contributed by atoms with van der Waals surface area (Å²) in [7, 11) is 0. The fourth-order valence-electron chi connectivity index (χ4n) is 0.355. The third-order valence-electron chi connectivity index (χ3n) is 0.563. The van der Waals surface area contributed by atoms with E-state index in [9.17, 15) is 4.79 Å². The highest BCUT2D eigenvalue weighted by atomic mass is 16.6. The van der Waals surface area contributed by atoms with Crippen molar-refractivity contribution in [3.05, 3.63) is 0 Å². The van der Waals surface area contributed by atoms with E-state index in [4.69, 9.17) is 10.1 Å². The molecule has 0 saturated carbocycles. The predicted octanol–water partition coefficient (Wildman–Crippen LogP) is 0.995. The third kappa shape index (κ3) is 5.08. The van der Waals surface area contributed by atoms with Crippen molar-refractivity contribution in [2.75, 3.05) is 0 Å². The maximum Gasteiger partial charge on any atom is 0.413 e. The maximum absolute atomic E-state index is 10.5. The number of rotatable bonds is 1. The Kier molecular flexibility index (Phi) is 2.86. The Hall–Kier alpha value is -1.06. The first-order valence-corrected chi connectivity index (χ1v) is 2.86. The molecule has 0 aromatic heterocycles. The molecule has 0 aliphatic heterocycles. The third-order valence-corrected chi connectivity index (χ3v) is 0.563. The van der Waals surface area contributed by atoms with Gasteiger partial charge in [0.15, 0.2) is 6.34 Å². The number of alkyl carbamates (subject to hydrolysis) is 1. The standard InChI is InChI=1S/C6H11N2O2/c1-6(2,3)10-5(9)8-4-7/h1-3H3,(H2,7,8,9). The maximum atomic E-state index is 10.5. The van der Waals surface area contributed by atoms with Crippen LogP contribution in [-0.2, 0) is 4.74 Å². The van der Waals surface area contributed by atoms with E-state index < -0.39 is 11.7 Å². The zero-order valence-corrected chi connectivity index (χ0v) is 6.32. The van der Waals surface area contributed by atoms with Gasteiger partial charge in [-0.25, -0.2) is 4.79 Å². The quantitative estimate of drug-likeness (QED) is 0.326. The van der Waals surface area contributed by atoms with Crippen LogP contribution in [0.5, 0.6) is 0 Å². The molecule has 0 fully saturated rings. The fraction of sp³-hybridized carbons (Fsp3) is 0.667. The largest absolute Gasteiger partial charge is 0.444 e. The van der Waals surface area contributed by atoms with Gasteiger partial charge in [0.1, 0.15) is 5.60 Å². The summed E-state index contributed by atoms with van der Waals surface area (Å²) >= 11 is 0. The first kappa shape index (κ1) is 8.94. The van der Waals surface area contributed by atoms with Crippen LogP contribution >= 0.6 is 0 Å². The van der Waals surface area contributed by atoms with Gasteiger partial charge in [0, 0.05) is 0 Å². The smallest absolute Gasteiger partial charge is 0.413 e. The van der Waals surface area contributed by atoms with Gasteiger partial charge in [0.25, 0.3) is 0 Å². The number of hydrogen-bond acceptors (Lipinski definition) is 3. The molecule has 0 aromatic rings. The summed E-state index contributed by atoms with van der Waals surface area (Å²) in [4.78, 5) is 10.5. The van der Waals surface area contributed by atoms with E-state index in [0.29, 0.717) is 0 Å². The topological polar surface area (TPSA) is 62.2 Å². The summed E-state index contributed by atoms with van der Waals surface area (Å²) in [5, 5.41) is 8.34. The highest BCUT2D eigenvalue weighted by molar-refractivity contribution is 5.80. The summed E-state index contributed by atoms with van der Waals surface area (Å²) in [6.07, 6.45) is 1.07. The van der Waals surface area contributed by atoms with Gasteiger partial charge in [-0.15, -0.1) is 0 Å². The fourth-order valence-corrected chi connectivity index (χ4v) is 0.355. The van der Waals surface area contributed by atoms with Crippen molar-refractivity contribution >= 4 is 12.4 Å². The lowest BCUT2D eigenvalue weighted by molar-refractivity contribution is 0.0565. The zero-order valence-electron chi connectivity index (χ0n) is 6.32. The van der Waals surface area contributed by atoms with E-state index in [1.165, 1.54) is 0 Å². The summed E-state index contributed by atoms with van der Waals surface area (Å²) in [6, 6.07) is 0. The molecule has 10 heavy (non-hydrogen) atoms.